The van der Waals surface area contributed by atoms with E-state index in [-0.39, 0.29) is 64.9 Å². The SMILES string of the molecule is Nc1nc(Nc2cc(Cl)c(-c3ccc(S(=O)(=O)N4CCOCC4)cc3)c(C(F)(F)F)c2)n[nH]1. The van der Waals surface area contributed by atoms with Gasteiger partial charge < -0.3 is 15.8 Å². The lowest BCUT2D eigenvalue weighted by atomic mass is 9.98. The fourth-order valence-corrected chi connectivity index (χ4v) is 5.12. The average Bonchev–Trinajstić information content (AvgIpc) is 3.18. The zero-order valence-corrected chi connectivity index (χ0v) is 18.4. The monoisotopic (exact) mass is 502 g/mol. The van der Waals surface area contributed by atoms with Crippen LogP contribution in [0.1, 0.15) is 5.56 Å². The lowest BCUT2D eigenvalue weighted by molar-refractivity contribution is -0.137. The summed E-state index contributed by atoms with van der Waals surface area (Å²) in [7, 11) is -3.79. The van der Waals surface area contributed by atoms with E-state index in [2.05, 4.69) is 20.5 Å². The number of halogens is 4. The highest BCUT2D eigenvalue weighted by molar-refractivity contribution is 7.89. The molecule has 2 heterocycles. The van der Waals surface area contributed by atoms with E-state index in [1.165, 1.54) is 34.6 Å². The van der Waals surface area contributed by atoms with Crippen LogP contribution in [-0.2, 0) is 20.9 Å². The van der Waals surface area contributed by atoms with Crippen LogP contribution < -0.4 is 11.1 Å². The van der Waals surface area contributed by atoms with Crippen molar-refractivity contribution in [3.8, 4) is 11.1 Å². The second kappa shape index (κ2) is 8.82. The lowest BCUT2D eigenvalue weighted by Gasteiger charge is -2.26. The molecule has 0 bridgehead atoms. The number of rotatable bonds is 5. The molecular weight excluding hydrogens is 485 g/mol. The van der Waals surface area contributed by atoms with E-state index in [9.17, 15) is 21.6 Å². The molecule has 0 unspecified atom stereocenters. The van der Waals surface area contributed by atoms with Crippen LogP contribution in [0.2, 0.25) is 5.02 Å². The van der Waals surface area contributed by atoms with E-state index in [1.54, 1.807) is 0 Å². The van der Waals surface area contributed by atoms with Crippen molar-refractivity contribution in [2.45, 2.75) is 11.1 Å². The van der Waals surface area contributed by atoms with Crippen molar-refractivity contribution in [1.29, 1.82) is 0 Å². The number of benzene rings is 2. The number of nitrogens with one attached hydrogen (secondary N) is 2. The summed E-state index contributed by atoms with van der Waals surface area (Å²) < 4.78 is 73.7. The van der Waals surface area contributed by atoms with Gasteiger partial charge >= 0.3 is 6.18 Å². The quantitative estimate of drug-likeness (QED) is 0.487. The van der Waals surface area contributed by atoms with Crippen LogP contribution in [0.25, 0.3) is 11.1 Å². The number of aromatic amines is 1. The van der Waals surface area contributed by atoms with Crippen molar-refractivity contribution in [2.75, 3.05) is 37.4 Å². The van der Waals surface area contributed by atoms with Gasteiger partial charge in [0.2, 0.25) is 21.9 Å². The summed E-state index contributed by atoms with van der Waals surface area (Å²) in [4.78, 5) is 3.76. The van der Waals surface area contributed by atoms with Gasteiger partial charge in [-0.2, -0.15) is 22.5 Å². The molecule has 0 aliphatic carbocycles. The number of hydrogen-bond donors (Lipinski definition) is 3. The third kappa shape index (κ3) is 4.90. The minimum atomic E-state index is -4.74. The summed E-state index contributed by atoms with van der Waals surface area (Å²) in [6, 6.07) is 7.28. The third-order valence-electron chi connectivity index (χ3n) is 4.91. The molecule has 1 fully saturated rings. The van der Waals surface area contributed by atoms with Crippen molar-refractivity contribution in [3.63, 3.8) is 0 Å². The molecule has 0 amide bonds. The van der Waals surface area contributed by atoms with Gasteiger partial charge in [-0.15, -0.1) is 5.10 Å². The van der Waals surface area contributed by atoms with Crippen LogP contribution in [-0.4, -0.2) is 54.2 Å². The van der Waals surface area contributed by atoms with E-state index in [4.69, 9.17) is 22.1 Å². The highest BCUT2D eigenvalue weighted by Gasteiger charge is 2.36. The van der Waals surface area contributed by atoms with Gasteiger partial charge in [0.05, 0.1) is 28.7 Å². The molecule has 0 saturated carbocycles. The van der Waals surface area contributed by atoms with Crippen molar-refractivity contribution in [3.05, 3.63) is 47.0 Å². The fourth-order valence-electron chi connectivity index (χ4n) is 3.38. The molecule has 3 aromatic rings. The van der Waals surface area contributed by atoms with Crippen molar-refractivity contribution < 1.29 is 26.3 Å². The molecule has 2 aromatic carbocycles. The van der Waals surface area contributed by atoms with Crippen LogP contribution >= 0.6 is 11.6 Å². The van der Waals surface area contributed by atoms with Crippen LogP contribution in [0.5, 0.6) is 0 Å². The van der Waals surface area contributed by atoms with Gasteiger partial charge in [-0.1, -0.05) is 23.7 Å². The molecule has 4 N–H and O–H groups in total. The Kier molecular flexibility index (Phi) is 6.22. The maximum atomic E-state index is 13.9. The van der Waals surface area contributed by atoms with Gasteiger partial charge in [0.1, 0.15) is 0 Å². The molecule has 176 valence electrons. The second-order valence-corrected chi connectivity index (χ2v) is 9.43. The van der Waals surface area contributed by atoms with E-state index in [0.717, 1.165) is 6.07 Å². The van der Waals surface area contributed by atoms with Crippen molar-refractivity contribution >= 4 is 39.2 Å². The third-order valence-corrected chi connectivity index (χ3v) is 7.12. The minimum absolute atomic E-state index is 0.00147. The minimum Gasteiger partial charge on any atom is -0.379 e. The Balaban J connectivity index is 1.70. The summed E-state index contributed by atoms with van der Waals surface area (Å²) in [5, 5.41) is 8.50. The molecule has 1 aliphatic heterocycles. The molecule has 4 rings (SSSR count). The smallest absolute Gasteiger partial charge is 0.379 e. The molecular formula is C19H18ClF3N6O3S. The van der Waals surface area contributed by atoms with Crippen LogP contribution in [0, 0.1) is 0 Å². The Labute approximate surface area is 191 Å². The normalized spacial score (nSPS) is 15.5. The first-order valence-corrected chi connectivity index (χ1v) is 11.4. The Bertz CT molecular complexity index is 1260. The predicted molar refractivity (Wildman–Crippen MR) is 116 cm³/mol. The standard InChI is InChI=1S/C19H18ClF3N6O3S/c20-15-10-12(25-18-26-17(24)27-28-18)9-14(19(21,22)23)16(15)11-1-3-13(4-2-11)33(30,31)29-5-7-32-8-6-29/h1-4,9-10H,5-8H2,(H4,24,25,26,27,28). The lowest BCUT2D eigenvalue weighted by Crippen LogP contribution is -2.40. The summed E-state index contributed by atoms with van der Waals surface area (Å²) in [5.41, 5.74) is 4.25. The van der Waals surface area contributed by atoms with Crippen LogP contribution in [0.15, 0.2) is 41.3 Å². The molecule has 33 heavy (non-hydrogen) atoms. The largest absolute Gasteiger partial charge is 0.417 e. The Morgan fingerprint density at radius 1 is 1.15 bits per heavy atom. The molecule has 1 aliphatic rings. The number of nitrogens with two attached hydrogens (primary N) is 1. The number of ether oxygens (including phenoxy) is 1. The Morgan fingerprint density at radius 3 is 2.39 bits per heavy atom. The number of nitrogen functional groups attached to an aromatic ring is 1. The number of aromatic nitrogens is 3. The molecule has 0 radical (unpaired) electrons. The molecule has 0 atom stereocenters. The molecule has 0 spiro atoms. The highest BCUT2D eigenvalue weighted by atomic mass is 35.5. The van der Waals surface area contributed by atoms with Gasteiger partial charge in [-0.05, 0) is 29.8 Å². The van der Waals surface area contributed by atoms with Gasteiger partial charge in [0, 0.05) is 24.3 Å². The Morgan fingerprint density at radius 2 is 1.82 bits per heavy atom. The van der Waals surface area contributed by atoms with Gasteiger partial charge in [-0.25, -0.2) is 13.5 Å². The van der Waals surface area contributed by atoms with E-state index >= 15 is 0 Å². The van der Waals surface area contributed by atoms with Crippen molar-refractivity contribution in [1.82, 2.24) is 19.5 Å². The highest BCUT2D eigenvalue weighted by Crippen LogP contribution is 2.43. The van der Waals surface area contributed by atoms with Gasteiger partial charge in [0.25, 0.3) is 0 Å². The second-order valence-electron chi connectivity index (χ2n) is 7.09. The number of sulfonamides is 1. The number of nitrogens with zero attached hydrogens (tertiary/aromatic N) is 3. The molecule has 9 nitrogen and oxygen atoms in total. The Hall–Kier alpha value is -2.87. The number of anilines is 3. The van der Waals surface area contributed by atoms with E-state index in [1.807, 2.05) is 0 Å². The maximum absolute atomic E-state index is 13.9. The predicted octanol–water partition coefficient (Wildman–Crippen LogP) is 3.49. The molecule has 14 heteroatoms. The number of hydrogen-bond acceptors (Lipinski definition) is 7. The fraction of sp³-hybridized carbons (Fsp3) is 0.263. The number of morpholine rings is 1. The summed E-state index contributed by atoms with van der Waals surface area (Å²) in [6.07, 6.45) is -4.74. The topological polar surface area (TPSA) is 126 Å². The summed E-state index contributed by atoms with van der Waals surface area (Å²) in [6.45, 7) is 0.976. The zero-order chi connectivity index (χ0) is 23.8. The zero-order valence-electron chi connectivity index (χ0n) is 16.9. The average molecular weight is 503 g/mol. The van der Waals surface area contributed by atoms with Crippen molar-refractivity contribution in [2.24, 2.45) is 0 Å². The number of alkyl halides is 3. The first kappa shape index (κ1) is 23.3. The van der Waals surface area contributed by atoms with E-state index < -0.39 is 21.8 Å². The van der Waals surface area contributed by atoms with E-state index in [0.29, 0.717) is 0 Å². The maximum Gasteiger partial charge on any atom is 0.417 e. The van der Waals surface area contributed by atoms with Gasteiger partial charge in [-0.3, -0.25) is 0 Å². The molecule has 1 aromatic heterocycles. The van der Waals surface area contributed by atoms with Crippen LogP contribution in [0.3, 0.4) is 0 Å². The summed E-state index contributed by atoms with van der Waals surface area (Å²) in [5.74, 6) is -0.0366. The summed E-state index contributed by atoms with van der Waals surface area (Å²) >= 11 is 6.24. The van der Waals surface area contributed by atoms with Crippen LogP contribution in [0.4, 0.5) is 30.8 Å². The van der Waals surface area contributed by atoms with Gasteiger partial charge in [0.15, 0.2) is 0 Å². The first-order chi connectivity index (χ1) is 15.6. The first-order valence-electron chi connectivity index (χ1n) is 9.59. The molecule has 1 saturated heterocycles. The number of H-pyrrole nitrogens is 1.